The van der Waals surface area contributed by atoms with E-state index in [9.17, 15) is 14.7 Å². The number of nitrogens with one attached hydrogen (secondary N) is 1. The Morgan fingerprint density at radius 2 is 1.87 bits per heavy atom. The summed E-state index contributed by atoms with van der Waals surface area (Å²) in [6.07, 6.45) is 1.09. The molecule has 1 aliphatic carbocycles. The van der Waals surface area contributed by atoms with E-state index in [4.69, 9.17) is 14.6 Å². The number of ether oxygens (including phenoxy) is 2. The summed E-state index contributed by atoms with van der Waals surface area (Å²) >= 11 is 1.66. The van der Waals surface area contributed by atoms with E-state index in [1.165, 1.54) is 4.88 Å². The highest BCUT2D eigenvalue weighted by atomic mass is 32.1. The lowest BCUT2D eigenvalue weighted by atomic mass is 9.73. The molecule has 39 heavy (non-hydrogen) atoms. The minimum Gasteiger partial charge on any atom is -0.493 e. The van der Waals surface area contributed by atoms with Gasteiger partial charge in [0.25, 0.3) is 0 Å². The number of methoxy groups -OCH3 is 2. The van der Waals surface area contributed by atoms with Crippen molar-refractivity contribution in [3.8, 4) is 17.2 Å². The normalized spacial score (nSPS) is 18.3. The summed E-state index contributed by atoms with van der Waals surface area (Å²) in [6.45, 7) is 1.89. The monoisotopic (exact) mass is 541 g/mol. The Kier molecular flexibility index (Phi) is 6.23. The molecule has 2 aromatic heterocycles. The molecular formula is C30H27N3O5S. The first-order valence-corrected chi connectivity index (χ1v) is 13.5. The predicted molar refractivity (Wildman–Crippen MR) is 149 cm³/mol. The van der Waals surface area contributed by atoms with Crippen LogP contribution in [0.3, 0.4) is 0 Å². The molecule has 0 unspecified atom stereocenters. The first-order valence-electron chi connectivity index (χ1n) is 12.6. The highest BCUT2D eigenvalue weighted by Gasteiger charge is 2.42. The van der Waals surface area contributed by atoms with E-state index < -0.39 is 11.9 Å². The Bertz CT molecular complexity index is 1640. The zero-order valence-electron chi connectivity index (χ0n) is 21.7. The lowest BCUT2D eigenvalue weighted by molar-refractivity contribution is -0.116. The van der Waals surface area contributed by atoms with Crippen molar-refractivity contribution in [3.63, 3.8) is 0 Å². The van der Waals surface area contributed by atoms with Gasteiger partial charge in [-0.1, -0.05) is 24.3 Å². The molecule has 0 saturated heterocycles. The Hall–Kier alpha value is -4.37. The fourth-order valence-corrected chi connectivity index (χ4v) is 6.61. The summed E-state index contributed by atoms with van der Waals surface area (Å²) in [5.74, 6) is 0.548. The van der Waals surface area contributed by atoms with Crippen molar-refractivity contribution in [3.05, 3.63) is 98.5 Å². The van der Waals surface area contributed by atoms with Crippen molar-refractivity contribution in [1.29, 1.82) is 0 Å². The SMILES string of the molecule is COc1ccc([C@H]2C3=C(C[C@H](c4cccs4)CC3=O)Nc3c2c(C)nn3-c2ccccc2C(=O)O)cc1OC. The van der Waals surface area contributed by atoms with E-state index in [0.29, 0.717) is 41.5 Å². The molecule has 9 heteroatoms. The molecule has 0 bridgehead atoms. The van der Waals surface area contributed by atoms with Crippen LogP contribution in [0.15, 0.2) is 71.2 Å². The second kappa shape index (κ2) is 9.74. The summed E-state index contributed by atoms with van der Waals surface area (Å²) in [7, 11) is 3.17. The first kappa shape index (κ1) is 24.9. The van der Waals surface area contributed by atoms with Gasteiger partial charge in [0.2, 0.25) is 0 Å². The number of thiophene rings is 1. The molecule has 198 valence electrons. The van der Waals surface area contributed by atoms with Gasteiger partial charge in [-0.2, -0.15) is 5.10 Å². The molecule has 1 aliphatic heterocycles. The number of aromatic carboxylic acids is 1. The van der Waals surface area contributed by atoms with Crippen molar-refractivity contribution in [1.82, 2.24) is 9.78 Å². The van der Waals surface area contributed by atoms with E-state index in [0.717, 1.165) is 22.4 Å². The maximum Gasteiger partial charge on any atom is 0.337 e. The van der Waals surface area contributed by atoms with Crippen LogP contribution in [0, 0.1) is 6.92 Å². The smallest absolute Gasteiger partial charge is 0.337 e. The third-order valence-electron chi connectivity index (χ3n) is 7.51. The van der Waals surface area contributed by atoms with Gasteiger partial charge >= 0.3 is 5.97 Å². The lowest BCUT2D eigenvalue weighted by Crippen LogP contribution is -2.30. The molecule has 0 spiro atoms. The molecule has 8 nitrogen and oxygen atoms in total. The molecule has 2 aliphatic rings. The average Bonchev–Trinajstić information content (AvgIpc) is 3.60. The fourth-order valence-electron chi connectivity index (χ4n) is 5.78. The van der Waals surface area contributed by atoms with Crippen molar-refractivity contribution in [2.75, 3.05) is 19.5 Å². The highest BCUT2D eigenvalue weighted by molar-refractivity contribution is 7.10. The Morgan fingerprint density at radius 3 is 2.59 bits per heavy atom. The number of hydrogen-bond donors (Lipinski definition) is 2. The number of aryl methyl sites for hydroxylation is 1. The number of hydrogen-bond acceptors (Lipinski definition) is 7. The molecule has 0 amide bonds. The van der Waals surface area contributed by atoms with Gasteiger partial charge in [0, 0.05) is 40.0 Å². The molecule has 2 N–H and O–H groups in total. The Balaban J connectivity index is 1.58. The molecule has 6 rings (SSSR count). The number of allylic oxidation sites excluding steroid dienone is 2. The van der Waals surface area contributed by atoms with Crippen LogP contribution in [0.4, 0.5) is 5.82 Å². The van der Waals surface area contributed by atoms with Crippen LogP contribution in [0.1, 0.15) is 56.7 Å². The van der Waals surface area contributed by atoms with Crippen LogP contribution >= 0.6 is 11.3 Å². The summed E-state index contributed by atoms with van der Waals surface area (Å²) in [4.78, 5) is 27.1. The predicted octanol–water partition coefficient (Wildman–Crippen LogP) is 5.92. The molecular weight excluding hydrogens is 514 g/mol. The minimum atomic E-state index is -1.04. The number of carboxylic acid groups (broad SMARTS) is 1. The number of benzene rings is 2. The van der Waals surface area contributed by atoms with Crippen LogP contribution in [0.2, 0.25) is 0 Å². The number of carbonyl (C=O) groups is 2. The van der Waals surface area contributed by atoms with Crippen molar-refractivity contribution in [2.45, 2.75) is 31.6 Å². The molecule has 2 aromatic carbocycles. The van der Waals surface area contributed by atoms with E-state index >= 15 is 0 Å². The molecule has 4 aromatic rings. The van der Waals surface area contributed by atoms with E-state index in [-0.39, 0.29) is 17.3 Å². The number of nitrogens with zero attached hydrogens (tertiary/aromatic N) is 2. The number of Topliss-reactive ketones (excluding diaryl/α,β-unsaturated/α-hetero) is 1. The lowest BCUT2D eigenvalue weighted by Gasteiger charge is -2.35. The van der Waals surface area contributed by atoms with E-state index in [1.54, 1.807) is 54.5 Å². The van der Waals surface area contributed by atoms with E-state index in [2.05, 4.69) is 11.4 Å². The topological polar surface area (TPSA) is 103 Å². The van der Waals surface area contributed by atoms with Gasteiger partial charge in [-0.25, -0.2) is 9.48 Å². The molecule has 0 saturated carbocycles. The van der Waals surface area contributed by atoms with Gasteiger partial charge < -0.3 is 19.9 Å². The first-order chi connectivity index (χ1) is 18.9. The maximum atomic E-state index is 13.9. The van der Waals surface area contributed by atoms with Crippen molar-refractivity contribution < 1.29 is 24.2 Å². The largest absolute Gasteiger partial charge is 0.493 e. The number of para-hydroxylation sites is 1. The highest BCUT2D eigenvalue weighted by Crippen LogP contribution is 2.50. The summed E-state index contributed by atoms with van der Waals surface area (Å²) in [5.41, 5.74) is 4.57. The number of carbonyl (C=O) groups excluding carboxylic acids is 1. The van der Waals surface area contributed by atoms with Crippen LogP contribution < -0.4 is 14.8 Å². The molecule has 0 fully saturated rings. The van der Waals surface area contributed by atoms with Crippen LogP contribution in [-0.2, 0) is 4.79 Å². The molecule has 3 heterocycles. The average molecular weight is 542 g/mol. The van der Waals surface area contributed by atoms with Gasteiger partial charge in [0.1, 0.15) is 5.82 Å². The number of carboxylic acids is 1. The number of ketones is 1. The number of anilines is 1. The van der Waals surface area contributed by atoms with Gasteiger partial charge in [0.15, 0.2) is 17.3 Å². The third kappa shape index (κ3) is 4.10. The van der Waals surface area contributed by atoms with Gasteiger partial charge in [-0.15, -0.1) is 11.3 Å². The zero-order chi connectivity index (χ0) is 27.3. The third-order valence-corrected chi connectivity index (χ3v) is 8.55. The summed E-state index contributed by atoms with van der Waals surface area (Å²) in [6, 6.07) is 16.6. The summed E-state index contributed by atoms with van der Waals surface area (Å²) < 4.78 is 12.7. The zero-order valence-corrected chi connectivity index (χ0v) is 22.5. The number of aromatic nitrogens is 2. The second-order valence-electron chi connectivity index (χ2n) is 9.69. The molecule has 2 atom stereocenters. The van der Waals surface area contributed by atoms with Crippen LogP contribution in [0.25, 0.3) is 5.69 Å². The Morgan fingerprint density at radius 1 is 1.08 bits per heavy atom. The second-order valence-corrected chi connectivity index (χ2v) is 10.7. The maximum absolute atomic E-state index is 13.9. The fraction of sp³-hybridized carbons (Fsp3) is 0.233. The number of fused-ring (bicyclic) bond motifs is 1. The van der Waals surface area contributed by atoms with Gasteiger partial charge in [0.05, 0.1) is 31.2 Å². The van der Waals surface area contributed by atoms with Gasteiger partial charge in [-0.05, 0) is 54.6 Å². The Labute approximate surface area is 229 Å². The summed E-state index contributed by atoms with van der Waals surface area (Å²) in [5, 5.41) is 20.3. The molecule has 0 radical (unpaired) electrons. The van der Waals surface area contributed by atoms with Crippen molar-refractivity contribution >= 4 is 28.9 Å². The van der Waals surface area contributed by atoms with E-state index in [1.807, 2.05) is 36.6 Å². The van der Waals surface area contributed by atoms with Gasteiger partial charge in [-0.3, -0.25) is 4.79 Å². The standard InChI is InChI=1S/C30H27N3O5S/c1-16-26-27(17-10-11-23(37-2)24(15-17)38-3)28-20(13-18(14-22(28)34)25-9-6-12-39-25)31-29(26)33(32-16)21-8-5-4-7-19(21)30(35)36/h4-12,15,18,27,31H,13-14H2,1-3H3,(H,35,36)/t18-,27+/m0/s1. The van der Waals surface area contributed by atoms with Crippen LogP contribution in [-0.4, -0.2) is 40.9 Å². The quantitative estimate of drug-likeness (QED) is 0.313. The number of rotatable bonds is 6. The van der Waals surface area contributed by atoms with Crippen LogP contribution in [0.5, 0.6) is 11.5 Å². The minimum absolute atomic E-state index is 0.0696. The van der Waals surface area contributed by atoms with Crippen molar-refractivity contribution in [2.24, 2.45) is 0 Å².